The summed E-state index contributed by atoms with van der Waals surface area (Å²) in [6.07, 6.45) is -9.94. The number of ether oxygens (including phenoxy) is 3. The number of alkyl halides is 3. The number of H-pyrrole nitrogens is 1. The van der Waals surface area contributed by atoms with Crippen molar-refractivity contribution in [2.24, 2.45) is 0 Å². The molecule has 40 heavy (non-hydrogen) atoms. The van der Waals surface area contributed by atoms with Crippen LogP contribution in [0.2, 0.25) is 0 Å². The second-order valence-corrected chi connectivity index (χ2v) is 9.95. The molecule has 16 heteroatoms. The molecule has 0 aliphatic carbocycles. The van der Waals surface area contributed by atoms with E-state index < -0.39 is 56.2 Å². The lowest BCUT2D eigenvalue weighted by Crippen LogP contribution is -2.50. The Morgan fingerprint density at radius 1 is 0.975 bits per heavy atom. The van der Waals surface area contributed by atoms with E-state index >= 15 is 4.39 Å². The Labute approximate surface area is 224 Å². The van der Waals surface area contributed by atoms with Gasteiger partial charge in [0, 0.05) is 12.3 Å². The first-order valence-corrected chi connectivity index (χ1v) is 13.0. The second-order valence-electron chi connectivity index (χ2n) is 8.43. The molecule has 1 aliphatic rings. The fraction of sp³-hybridized carbons (Fsp3) is 0.333. The predicted molar refractivity (Wildman–Crippen MR) is 132 cm³/mol. The van der Waals surface area contributed by atoms with E-state index in [4.69, 9.17) is 27.8 Å². The smallest absolute Gasteiger partial charge is 0.497 e. The van der Waals surface area contributed by atoms with Gasteiger partial charge in [-0.1, -0.05) is 0 Å². The SMILES string of the molecule is COc1ccc(OP(=O)(OC[C@@]2(C(F)F)O[C@@H](n3ccc(=O)[nH]c3=O)[C@H](O)[C@@H]2F)Oc2ccc(OC)cc2)cc1. The summed E-state index contributed by atoms with van der Waals surface area (Å²) in [5.74, 6) is 0.692. The van der Waals surface area contributed by atoms with Crippen LogP contribution in [-0.2, 0) is 13.8 Å². The fourth-order valence-corrected chi connectivity index (χ4v) is 5.04. The third kappa shape index (κ3) is 6.02. The zero-order chi connectivity index (χ0) is 29.1. The molecule has 0 saturated carbocycles. The number of aliphatic hydroxyl groups is 1. The molecule has 12 nitrogen and oxygen atoms in total. The maximum Gasteiger partial charge on any atom is 0.587 e. The van der Waals surface area contributed by atoms with Gasteiger partial charge in [0.05, 0.1) is 20.8 Å². The quantitative estimate of drug-likeness (QED) is 0.320. The van der Waals surface area contributed by atoms with Crippen molar-refractivity contribution in [3.05, 3.63) is 81.6 Å². The van der Waals surface area contributed by atoms with Gasteiger partial charge in [0.2, 0.25) is 0 Å². The van der Waals surface area contributed by atoms with Crippen LogP contribution in [0.1, 0.15) is 6.23 Å². The van der Waals surface area contributed by atoms with Crippen molar-refractivity contribution >= 4 is 7.82 Å². The maximum absolute atomic E-state index is 15.3. The number of halogens is 3. The number of hydrogen-bond donors (Lipinski definition) is 2. The van der Waals surface area contributed by atoms with E-state index in [1.807, 2.05) is 4.98 Å². The molecule has 2 aromatic carbocycles. The molecule has 4 rings (SSSR count). The molecule has 1 aliphatic heterocycles. The number of aromatic nitrogens is 2. The van der Waals surface area contributed by atoms with Crippen molar-refractivity contribution < 1.29 is 50.6 Å². The number of hydrogen-bond acceptors (Lipinski definition) is 10. The molecule has 0 bridgehead atoms. The Hall–Kier alpha value is -3.78. The van der Waals surface area contributed by atoms with Gasteiger partial charge < -0.3 is 28.4 Å². The van der Waals surface area contributed by atoms with Crippen molar-refractivity contribution in [3.63, 3.8) is 0 Å². The molecule has 0 amide bonds. The van der Waals surface area contributed by atoms with Crippen molar-refractivity contribution in [2.75, 3.05) is 20.8 Å². The number of aromatic amines is 1. The first kappa shape index (κ1) is 29.2. The van der Waals surface area contributed by atoms with Crippen LogP contribution in [-0.4, -0.2) is 59.8 Å². The van der Waals surface area contributed by atoms with Crippen LogP contribution in [0.3, 0.4) is 0 Å². The van der Waals surface area contributed by atoms with E-state index in [1.54, 1.807) is 0 Å². The molecule has 0 radical (unpaired) electrons. The molecule has 1 aromatic heterocycles. The van der Waals surface area contributed by atoms with E-state index in [2.05, 4.69) is 0 Å². The van der Waals surface area contributed by atoms with Gasteiger partial charge in [-0.05, 0) is 48.5 Å². The second kappa shape index (κ2) is 11.8. The maximum atomic E-state index is 15.3. The van der Waals surface area contributed by atoms with E-state index in [0.717, 1.165) is 12.3 Å². The summed E-state index contributed by atoms with van der Waals surface area (Å²) in [5.41, 5.74) is -5.19. The molecule has 1 fully saturated rings. The monoisotopic (exact) mass is 588 g/mol. The van der Waals surface area contributed by atoms with Gasteiger partial charge in [-0.15, -0.1) is 0 Å². The Kier molecular flexibility index (Phi) is 8.59. The van der Waals surface area contributed by atoms with Crippen LogP contribution >= 0.6 is 7.82 Å². The van der Waals surface area contributed by atoms with Crippen molar-refractivity contribution in [3.8, 4) is 23.0 Å². The van der Waals surface area contributed by atoms with Crippen LogP contribution in [0.4, 0.5) is 13.2 Å². The van der Waals surface area contributed by atoms with Crippen molar-refractivity contribution in [2.45, 2.75) is 30.5 Å². The van der Waals surface area contributed by atoms with E-state index in [9.17, 15) is 28.0 Å². The molecule has 216 valence electrons. The van der Waals surface area contributed by atoms with Gasteiger partial charge in [0.25, 0.3) is 12.0 Å². The van der Waals surface area contributed by atoms with Crippen LogP contribution in [0.15, 0.2) is 70.4 Å². The van der Waals surface area contributed by atoms with E-state index in [0.29, 0.717) is 16.1 Å². The highest BCUT2D eigenvalue weighted by atomic mass is 31.2. The Bertz CT molecular complexity index is 1410. The molecular weight excluding hydrogens is 564 g/mol. The molecule has 0 unspecified atom stereocenters. The van der Waals surface area contributed by atoms with Crippen molar-refractivity contribution in [1.29, 1.82) is 0 Å². The van der Waals surface area contributed by atoms with Gasteiger partial charge in [0.15, 0.2) is 18.0 Å². The summed E-state index contributed by atoms with van der Waals surface area (Å²) in [6.45, 7) is -1.44. The fourth-order valence-electron chi connectivity index (χ4n) is 3.77. The summed E-state index contributed by atoms with van der Waals surface area (Å²) < 4.78 is 89.5. The zero-order valence-corrected chi connectivity index (χ0v) is 21.8. The molecule has 2 heterocycles. The summed E-state index contributed by atoms with van der Waals surface area (Å²) in [5, 5.41) is 10.4. The minimum absolute atomic E-state index is 0.0782. The molecular formula is C24H24F3N2O10P. The number of aliphatic hydroxyl groups excluding tert-OH is 1. The van der Waals surface area contributed by atoms with E-state index in [-0.39, 0.29) is 11.5 Å². The highest BCUT2D eigenvalue weighted by molar-refractivity contribution is 7.49. The third-order valence-electron chi connectivity index (χ3n) is 5.90. The van der Waals surface area contributed by atoms with Gasteiger partial charge in [0.1, 0.15) is 29.1 Å². The van der Waals surface area contributed by atoms with Crippen LogP contribution < -0.4 is 29.8 Å². The summed E-state index contributed by atoms with van der Waals surface area (Å²) in [7, 11) is -2.03. The number of benzene rings is 2. The van der Waals surface area contributed by atoms with Crippen LogP contribution in [0, 0.1) is 0 Å². The Morgan fingerprint density at radius 2 is 1.48 bits per heavy atom. The molecule has 1 saturated heterocycles. The van der Waals surface area contributed by atoms with Crippen LogP contribution in [0.25, 0.3) is 0 Å². The molecule has 2 N–H and O–H groups in total. The lowest BCUT2D eigenvalue weighted by molar-refractivity contribution is -0.184. The van der Waals surface area contributed by atoms with Crippen LogP contribution in [0.5, 0.6) is 23.0 Å². The number of nitrogens with one attached hydrogen (secondary N) is 1. The largest absolute Gasteiger partial charge is 0.587 e. The van der Waals surface area contributed by atoms with Gasteiger partial charge in [-0.3, -0.25) is 18.9 Å². The minimum Gasteiger partial charge on any atom is -0.497 e. The first-order valence-electron chi connectivity index (χ1n) is 11.5. The number of rotatable bonds is 11. The Morgan fingerprint density at radius 3 is 1.93 bits per heavy atom. The standard InChI is InChI=1S/C24H24F3N2O10P/c1-34-14-3-7-16(8-4-14)38-40(33,39-17-9-5-15(35-2)6-10-17)36-13-24(22(26)27)20(25)19(31)21(37-24)29-12-11-18(30)28-23(29)32/h3-12,19-22,31H,13H2,1-2H3,(H,28,30,32)/t19-,20+,21-,24-/m1/s1. The lowest BCUT2D eigenvalue weighted by atomic mass is 9.98. The number of nitrogens with zero attached hydrogens (tertiary/aromatic N) is 1. The average Bonchev–Trinajstić information content (AvgIpc) is 3.19. The normalized spacial score (nSPS) is 22.7. The van der Waals surface area contributed by atoms with Gasteiger partial charge in [-0.2, -0.15) is 0 Å². The average molecular weight is 588 g/mol. The third-order valence-corrected chi connectivity index (χ3v) is 7.21. The Balaban J connectivity index is 1.64. The molecule has 3 aromatic rings. The van der Waals surface area contributed by atoms with E-state index in [1.165, 1.54) is 62.8 Å². The molecule has 4 atom stereocenters. The summed E-state index contributed by atoms with van der Waals surface area (Å²) >= 11 is 0. The van der Waals surface area contributed by atoms with Gasteiger partial charge >= 0.3 is 13.5 Å². The van der Waals surface area contributed by atoms with Gasteiger partial charge in [-0.25, -0.2) is 22.5 Å². The number of phosphoric acid groups is 1. The predicted octanol–water partition coefficient (Wildman–Crippen LogP) is 3.07. The summed E-state index contributed by atoms with van der Waals surface area (Å²) in [6, 6.07) is 12.0. The first-order chi connectivity index (χ1) is 19.0. The number of phosphoric ester groups is 1. The summed E-state index contributed by atoms with van der Waals surface area (Å²) in [4.78, 5) is 25.4. The zero-order valence-electron chi connectivity index (χ0n) is 20.9. The van der Waals surface area contributed by atoms with Crippen molar-refractivity contribution in [1.82, 2.24) is 9.55 Å². The highest BCUT2D eigenvalue weighted by Crippen LogP contribution is 2.53. The number of methoxy groups -OCH3 is 2. The lowest BCUT2D eigenvalue weighted by Gasteiger charge is -2.30. The molecule has 0 spiro atoms. The minimum atomic E-state index is -4.86. The highest BCUT2D eigenvalue weighted by Gasteiger charge is 2.63. The topological polar surface area (TPSA) is 148 Å².